The van der Waals surface area contributed by atoms with E-state index in [4.69, 9.17) is 26.7 Å². The Balaban J connectivity index is 2.76. The first kappa shape index (κ1) is 19.3. The second kappa shape index (κ2) is 9.43. The maximum atomic E-state index is 11.9. The van der Waals surface area contributed by atoms with Crippen molar-refractivity contribution in [3.8, 4) is 11.8 Å². The number of hydrogen-bond acceptors (Lipinski definition) is 5. The van der Waals surface area contributed by atoms with Crippen LogP contribution in [0.2, 0.25) is 5.02 Å². The van der Waals surface area contributed by atoms with Crippen LogP contribution in [0.5, 0.6) is 5.75 Å². The van der Waals surface area contributed by atoms with Crippen molar-refractivity contribution in [3.05, 3.63) is 34.5 Å². The van der Waals surface area contributed by atoms with E-state index in [9.17, 15) is 9.59 Å². The van der Waals surface area contributed by atoms with E-state index in [1.54, 1.807) is 18.2 Å². The molecule has 0 aliphatic rings. The molecule has 0 aliphatic carbocycles. The quantitative estimate of drug-likeness (QED) is 0.377. The first-order valence-electron chi connectivity index (χ1n) is 7.10. The largest absolute Gasteiger partial charge is 0.495 e. The highest BCUT2D eigenvalue weighted by Crippen LogP contribution is 2.31. The monoisotopic (exact) mass is 351 g/mol. The molecule has 0 heterocycles. The van der Waals surface area contributed by atoms with E-state index in [0.717, 1.165) is 5.56 Å². The molecule has 0 bridgehead atoms. The predicted octanol–water partition coefficient (Wildman–Crippen LogP) is 2.46. The fraction of sp³-hybridized carbons (Fsp3) is 0.312. The zero-order valence-electron chi connectivity index (χ0n) is 13.4. The van der Waals surface area contributed by atoms with Crippen molar-refractivity contribution in [1.29, 1.82) is 5.26 Å². The topological polar surface area (TPSA) is 111 Å². The van der Waals surface area contributed by atoms with Crippen molar-refractivity contribution < 1.29 is 19.4 Å². The van der Waals surface area contributed by atoms with Gasteiger partial charge in [-0.05, 0) is 25.0 Å². The molecule has 1 aromatic rings. The third kappa shape index (κ3) is 5.82. The first-order chi connectivity index (χ1) is 11.4. The Labute approximate surface area is 144 Å². The molecule has 7 nitrogen and oxygen atoms in total. The maximum Gasteiger partial charge on any atom is 0.303 e. The average Bonchev–Trinajstić information content (AvgIpc) is 2.54. The van der Waals surface area contributed by atoms with Gasteiger partial charge in [-0.3, -0.25) is 9.59 Å². The molecule has 0 fully saturated rings. The van der Waals surface area contributed by atoms with Crippen LogP contribution >= 0.6 is 11.6 Å². The minimum atomic E-state index is -0.938. The Bertz CT molecular complexity index is 695. The number of aliphatic carboxylic acids is 1. The van der Waals surface area contributed by atoms with Crippen LogP contribution in [0.4, 0.5) is 5.69 Å². The number of nitriles is 1. The fourth-order valence-corrected chi connectivity index (χ4v) is 1.93. The zero-order chi connectivity index (χ0) is 18.1. The van der Waals surface area contributed by atoms with Gasteiger partial charge in [-0.1, -0.05) is 11.6 Å². The number of carbonyl (C=O) groups is 2. The van der Waals surface area contributed by atoms with E-state index in [-0.39, 0.29) is 25.0 Å². The van der Waals surface area contributed by atoms with Gasteiger partial charge in [0.25, 0.3) is 5.91 Å². The molecule has 128 valence electrons. The molecule has 0 spiro atoms. The Morgan fingerprint density at radius 1 is 1.46 bits per heavy atom. The highest BCUT2D eigenvalue weighted by molar-refractivity contribution is 6.31. The molecule has 1 amide bonds. The number of aryl methyl sites for hydroxylation is 1. The van der Waals surface area contributed by atoms with Gasteiger partial charge in [-0.2, -0.15) is 5.26 Å². The molecule has 3 N–H and O–H groups in total. The molecular formula is C16H18ClN3O4. The number of carbonyl (C=O) groups excluding carboxylic acids is 1. The number of benzene rings is 1. The number of halogens is 1. The normalized spacial score (nSPS) is 10.7. The summed E-state index contributed by atoms with van der Waals surface area (Å²) in [6.45, 7) is 1.99. The number of nitrogens with zero attached hydrogens (tertiary/aromatic N) is 1. The summed E-state index contributed by atoms with van der Waals surface area (Å²) in [6, 6.07) is 5.15. The van der Waals surface area contributed by atoms with Gasteiger partial charge in [0.05, 0.1) is 12.8 Å². The lowest BCUT2D eigenvalue weighted by Crippen LogP contribution is -2.26. The summed E-state index contributed by atoms with van der Waals surface area (Å²) in [5, 5.41) is 23.5. The lowest BCUT2D eigenvalue weighted by molar-refractivity contribution is -0.137. The number of carboxylic acid groups (broad SMARTS) is 1. The molecule has 0 atom stereocenters. The average molecular weight is 352 g/mol. The highest BCUT2D eigenvalue weighted by Gasteiger charge is 2.10. The van der Waals surface area contributed by atoms with Crippen LogP contribution in [0.15, 0.2) is 23.9 Å². The van der Waals surface area contributed by atoms with Crippen molar-refractivity contribution in [2.75, 3.05) is 19.0 Å². The second-order valence-electron chi connectivity index (χ2n) is 4.87. The van der Waals surface area contributed by atoms with Crippen molar-refractivity contribution in [2.24, 2.45) is 0 Å². The summed E-state index contributed by atoms with van der Waals surface area (Å²) in [5.41, 5.74) is 1.23. The van der Waals surface area contributed by atoms with E-state index in [1.807, 2.05) is 6.92 Å². The van der Waals surface area contributed by atoms with Crippen LogP contribution in [0.3, 0.4) is 0 Å². The predicted molar refractivity (Wildman–Crippen MR) is 89.9 cm³/mol. The number of ether oxygens (including phenoxy) is 1. The van der Waals surface area contributed by atoms with Gasteiger partial charge >= 0.3 is 5.97 Å². The highest BCUT2D eigenvalue weighted by atomic mass is 35.5. The van der Waals surface area contributed by atoms with Crippen molar-refractivity contribution >= 4 is 29.2 Å². The first-order valence-corrected chi connectivity index (χ1v) is 7.47. The molecule has 1 aromatic carbocycles. The maximum absolute atomic E-state index is 11.9. The minimum absolute atomic E-state index is 0.0502. The van der Waals surface area contributed by atoms with E-state index < -0.39 is 11.9 Å². The number of nitrogens with one attached hydrogen (secondary N) is 2. The summed E-state index contributed by atoms with van der Waals surface area (Å²) >= 11 is 6.02. The van der Waals surface area contributed by atoms with E-state index in [2.05, 4.69) is 10.6 Å². The number of carboxylic acids is 1. The van der Waals surface area contributed by atoms with Crippen molar-refractivity contribution in [3.63, 3.8) is 0 Å². The number of amides is 1. The zero-order valence-corrected chi connectivity index (χ0v) is 14.1. The van der Waals surface area contributed by atoms with Crippen molar-refractivity contribution in [2.45, 2.75) is 19.8 Å². The van der Waals surface area contributed by atoms with E-state index >= 15 is 0 Å². The van der Waals surface area contributed by atoms with Crippen LogP contribution in [-0.2, 0) is 9.59 Å². The lowest BCUT2D eigenvalue weighted by atomic mass is 10.2. The summed E-state index contributed by atoms with van der Waals surface area (Å²) in [7, 11) is 1.48. The SMILES string of the molecule is COc1cc(Cl)c(C)cc1N/C=C(/C#N)C(=O)NCCCC(=O)O. The van der Waals surface area contributed by atoms with Crippen LogP contribution < -0.4 is 15.4 Å². The molecule has 1 rings (SSSR count). The third-order valence-corrected chi connectivity index (χ3v) is 3.48. The lowest BCUT2D eigenvalue weighted by Gasteiger charge is -2.11. The van der Waals surface area contributed by atoms with Gasteiger partial charge in [-0.15, -0.1) is 0 Å². The van der Waals surface area contributed by atoms with Crippen molar-refractivity contribution in [1.82, 2.24) is 5.32 Å². The summed E-state index contributed by atoms with van der Waals surface area (Å²) in [4.78, 5) is 22.3. The van der Waals surface area contributed by atoms with Crippen LogP contribution in [0.25, 0.3) is 0 Å². The molecule has 0 radical (unpaired) electrons. The standard InChI is InChI=1S/C16H18ClN3O4/c1-10-6-13(14(24-2)7-12(10)17)20-9-11(8-18)16(23)19-5-3-4-15(21)22/h6-7,9,20H,3-5H2,1-2H3,(H,19,23)(H,21,22)/b11-9-. The number of rotatable bonds is 8. The van der Waals surface area contributed by atoms with Gasteiger partial charge in [0, 0.05) is 30.3 Å². The van der Waals surface area contributed by atoms with Crippen LogP contribution in [-0.4, -0.2) is 30.6 Å². The van der Waals surface area contributed by atoms with Crippen LogP contribution in [0, 0.1) is 18.3 Å². The van der Waals surface area contributed by atoms with E-state index in [0.29, 0.717) is 16.5 Å². The number of methoxy groups -OCH3 is 1. The van der Waals surface area contributed by atoms with Gasteiger partial charge in [0.2, 0.25) is 0 Å². The summed E-state index contributed by atoms with van der Waals surface area (Å²) in [6.07, 6.45) is 1.50. The summed E-state index contributed by atoms with van der Waals surface area (Å²) in [5.74, 6) is -1.05. The molecular weight excluding hydrogens is 334 g/mol. The Morgan fingerprint density at radius 2 is 2.17 bits per heavy atom. The van der Waals surface area contributed by atoms with E-state index in [1.165, 1.54) is 13.3 Å². The number of hydrogen-bond donors (Lipinski definition) is 3. The molecule has 8 heteroatoms. The molecule has 0 saturated carbocycles. The number of anilines is 1. The third-order valence-electron chi connectivity index (χ3n) is 3.07. The minimum Gasteiger partial charge on any atom is -0.495 e. The van der Waals surface area contributed by atoms with Crippen LogP contribution in [0.1, 0.15) is 18.4 Å². The Kier molecular flexibility index (Phi) is 7.59. The molecule has 0 saturated heterocycles. The van der Waals surface area contributed by atoms with Gasteiger partial charge in [-0.25, -0.2) is 0 Å². The summed E-state index contributed by atoms with van der Waals surface area (Å²) < 4.78 is 5.19. The smallest absolute Gasteiger partial charge is 0.303 e. The fourth-order valence-electron chi connectivity index (χ4n) is 1.78. The Morgan fingerprint density at radius 3 is 2.75 bits per heavy atom. The molecule has 0 aromatic heterocycles. The second-order valence-corrected chi connectivity index (χ2v) is 5.28. The molecule has 24 heavy (non-hydrogen) atoms. The Hall–Kier alpha value is -2.72. The van der Waals surface area contributed by atoms with Gasteiger partial charge < -0.3 is 20.5 Å². The molecule has 0 aliphatic heterocycles. The van der Waals surface area contributed by atoms with Gasteiger partial charge in [0.1, 0.15) is 17.4 Å². The van der Waals surface area contributed by atoms with Gasteiger partial charge in [0.15, 0.2) is 0 Å². The molecule has 0 unspecified atom stereocenters.